The Bertz CT molecular complexity index is 552. The average Bonchev–Trinajstić information content (AvgIpc) is 3.37. The van der Waals surface area contributed by atoms with E-state index in [9.17, 15) is 4.79 Å². The van der Waals surface area contributed by atoms with E-state index < -0.39 is 0 Å². The number of ether oxygens (including phenoxy) is 1. The molecule has 0 unspecified atom stereocenters. The first-order chi connectivity index (χ1) is 11.1. The van der Waals surface area contributed by atoms with Crippen molar-refractivity contribution >= 4 is 18.3 Å². The third-order valence-corrected chi connectivity index (χ3v) is 4.92. The van der Waals surface area contributed by atoms with E-state index in [-0.39, 0.29) is 24.9 Å². The third kappa shape index (κ3) is 5.38. The lowest BCUT2D eigenvalue weighted by atomic mass is 10.0. The molecule has 5 heteroatoms. The number of aryl methyl sites for hydroxylation is 2. The van der Waals surface area contributed by atoms with Crippen molar-refractivity contribution in [3.63, 3.8) is 0 Å². The Balaban J connectivity index is 0.00000208. The van der Waals surface area contributed by atoms with Crippen molar-refractivity contribution in [3.8, 4) is 5.75 Å². The van der Waals surface area contributed by atoms with Crippen LogP contribution in [0.4, 0.5) is 0 Å². The summed E-state index contributed by atoms with van der Waals surface area (Å²) in [6.45, 7) is 7.07. The van der Waals surface area contributed by atoms with E-state index in [4.69, 9.17) is 4.74 Å². The predicted molar refractivity (Wildman–Crippen MR) is 99.0 cm³/mol. The van der Waals surface area contributed by atoms with Crippen molar-refractivity contribution in [3.05, 3.63) is 29.3 Å². The van der Waals surface area contributed by atoms with Crippen LogP contribution in [0.3, 0.4) is 0 Å². The van der Waals surface area contributed by atoms with Crippen molar-refractivity contribution in [2.75, 3.05) is 26.2 Å². The van der Waals surface area contributed by atoms with Crippen LogP contribution in [-0.4, -0.2) is 43.1 Å². The first-order valence-electron chi connectivity index (χ1n) is 8.83. The molecule has 1 aromatic carbocycles. The van der Waals surface area contributed by atoms with Gasteiger partial charge in [0.1, 0.15) is 5.75 Å². The van der Waals surface area contributed by atoms with Crippen LogP contribution in [0.1, 0.15) is 36.8 Å². The standard InChI is InChI=1S/C19H28N2O2.ClH/c1-14-3-6-18(15(2)11-14)23-13-19(22)21-9-7-17(8-10-21)20-12-16-4-5-16;/h3,6,11,16-17,20H,4-5,7-10,12-13H2,1-2H3;1H. The molecular weight excluding hydrogens is 324 g/mol. The van der Waals surface area contributed by atoms with Gasteiger partial charge in [0.2, 0.25) is 0 Å². The number of likely N-dealkylation sites (tertiary alicyclic amines) is 1. The third-order valence-electron chi connectivity index (χ3n) is 4.92. The number of nitrogens with zero attached hydrogens (tertiary/aromatic N) is 1. The molecule has 3 rings (SSSR count). The molecule has 2 aliphatic rings. The highest BCUT2D eigenvalue weighted by Crippen LogP contribution is 2.28. The molecule has 0 spiro atoms. The normalized spacial score (nSPS) is 18.2. The van der Waals surface area contributed by atoms with Crippen LogP contribution in [0.15, 0.2) is 18.2 Å². The first-order valence-corrected chi connectivity index (χ1v) is 8.83. The quantitative estimate of drug-likeness (QED) is 0.855. The van der Waals surface area contributed by atoms with Crippen LogP contribution in [0.5, 0.6) is 5.75 Å². The molecule has 1 N–H and O–H groups in total. The summed E-state index contributed by atoms with van der Waals surface area (Å²) >= 11 is 0. The Morgan fingerprint density at radius 3 is 2.54 bits per heavy atom. The van der Waals surface area contributed by atoms with Gasteiger partial charge in [-0.2, -0.15) is 0 Å². The number of rotatable bonds is 6. The molecule has 1 saturated heterocycles. The molecule has 24 heavy (non-hydrogen) atoms. The summed E-state index contributed by atoms with van der Waals surface area (Å²) in [5.74, 6) is 1.83. The predicted octanol–water partition coefficient (Wildman–Crippen LogP) is 3.09. The minimum atomic E-state index is 0. The zero-order chi connectivity index (χ0) is 16.2. The minimum absolute atomic E-state index is 0. The fourth-order valence-electron chi connectivity index (χ4n) is 3.18. The number of benzene rings is 1. The lowest BCUT2D eigenvalue weighted by Crippen LogP contribution is -2.46. The molecule has 0 bridgehead atoms. The van der Waals surface area contributed by atoms with Crippen molar-refractivity contribution < 1.29 is 9.53 Å². The van der Waals surface area contributed by atoms with Crippen molar-refractivity contribution in [2.24, 2.45) is 5.92 Å². The van der Waals surface area contributed by atoms with Crippen LogP contribution < -0.4 is 10.1 Å². The van der Waals surface area contributed by atoms with Gasteiger partial charge in [0, 0.05) is 19.1 Å². The van der Waals surface area contributed by atoms with Gasteiger partial charge < -0.3 is 15.0 Å². The smallest absolute Gasteiger partial charge is 0.260 e. The second-order valence-electron chi connectivity index (χ2n) is 7.06. The largest absolute Gasteiger partial charge is 0.484 e. The van der Waals surface area contributed by atoms with Gasteiger partial charge in [-0.1, -0.05) is 17.7 Å². The highest BCUT2D eigenvalue weighted by atomic mass is 35.5. The maximum atomic E-state index is 12.3. The second-order valence-corrected chi connectivity index (χ2v) is 7.06. The Morgan fingerprint density at radius 1 is 1.21 bits per heavy atom. The summed E-state index contributed by atoms with van der Waals surface area (Å²) < 4.78 is 5.71. The van der Waals surface area contributed by atoms with Crippen molar-refractivity contribution in [1.82, 2.24) is 10.2 Å². The van der Waals surface area contributed by atoms with E-state index in [0.717, 1.165) is 49.7 Å². The average molecular weight is 353 g/mol. The van der Waals surface area contributed by atoms with E-state index in [0.29, 0.717) is 6.04 Å². The van der Waals surface area contributed by atoms with Gasteiger partial charge in [-0.05, 0) is 63.6 Å². The molecule has 2 fully saturated rings. The Hall–Kier alpha value is -1.26. The molecule has 4 nitrogen and oxygen atoms in total. The molecule has 0 radical (unpaired) electrons. The highest BCUT2D eigenvalue weighted by Gasteiger charge is 2.26. The van der Waals surface area contributed by atoms with Crippen LogP contribution in [0.25, 0.3) is 0 Å². The molecule has 1 aliphatic heterocycles. The fourth-order valence-corrected chi connectivity index (χ4v) is 3.18. The summed E-state index contributed by atoms with van der Waals surface area (Å²) in [4.78, 5) is 14.3. The molecule has 1 aromatic rings. The number of carbonyl (C=O) groups is 1. The molecule has 1 saturated carbocycles. The number of carbonyl (C=O) groups excluding carboxylic acids is 1. The summed E-state index contributed by atoms with van der Waals surface area (Å²) in [6.07, 6.45) is 4.89. The number of hydrogen-bond donors (Lipinski definition) is 1. The SMILES string of the molecule is Cc1ccc(OCC(=O)N2CCC(NCC3CC3)CC2)c(C)c1.Cl. The number of hydrogen-bond acceptors (Lipinski definition) is 3. The van der Waals surface area contributed by atoms with Gasteiger partial charge >= 0.3 is 0 Å². The summed E-state index contributed by atoms with van der Waals surface area (Å²) in [6, 6.07) is 6.63. The van der Waals surface area contributed by atoms with Crippen LogP contribution in [-0.2, 0) is 4.79 Å². The summed E-state index contributed by atoms with van der Waals surface area (Å²) in [5.41, 5.74) is 2.29. The monoisotopic (exact) mass is 352 g/mol. The van der Waals surface area contributed by atoms with Gasteiger partial charge in [0.15, 0.2) is 6.61 Å². The van der Waals surface area contributed by atoms with Gasteiger partial charge in [0.05, 0.1) is 0 Å². The lowest BCUT2D eigenvalue weighted by Gasteiger charge is -2.32. The Morgan fingerprint density at radius 2 is 1.92 bits per heavy atom. The first kappa shape index (κ1) is 19.1. The van der Waals surface area contributed by atoms with Crippen LogP contribution in [0.2, 0.25) is 0 Å². The number of amides is 1. The molecule has 1 aliphatic carbocycles. The summed E-state index contributed by atoms with van der Waals surface area (Å²) in [7, 11) is 0. The summed E-state index contributed by atoms with van der Waals surface area (Å²) in [5, 5.41) is 3.64. The molecule has 0 aromatic heterocycles. The number of halogens is 1. The van der Waals surface area contributed by atoms with E-state index in [1.54, 1.807) is 0 Å². The fraction of sp³-hybridized carbons (Fsp3) is 0.632. The number of nitrogens with one attached hydrogen (secondary N) is 1. The Kier molecular flexibility index (Phi) is 6.93. The second kappa shape index (κ2) is 8.72. The Labute approximate surface area is 151 Å². The topological polar surface area (TPSA) is 41.6 Å². The molecule has 1 amide bonds. The molecule has 1 heterocycles. The van der Waals surface area contributed by atoms with E-state index in [2.05, 4.69) is 18.3 Å². The van der Waals surface area contributed by atoms with Gasteiger partial charge in [-0.15, -0.1) is 12.4 Å². The number of piperidine rings is 1. The zero-order valence-electron chi connectivity index (χ0n) is 14.7. The van der Waals surface area contributed by atoms with Crippen molar-refractivity contribution in [1.29, 1.82) is 0 Å². The zero-order valence-corrected chi connectivity index (χ0v) is 15.5. The van der Waals surface area contributed by atoms with E-state index >= 15 is 0 Å². The van der Waals surface area contributed by atoms with Crippen LogP contribution in [0, 0.1) is 19.8 Å². The molecular formula is C19H29ClN2O2. The van der Waals surface area contributed by atoms with E-state index in [1.807, 2.05) is 24.0 Å². The maximum absolute atomic E-state index is 12.3. The van der Waals surface area contributed by atoms with E-state index in [1.165, 1.54) is 18.4 Å². The highest BCUT2D eigenvalue weighted by molar-refractivity contribution is 5.85. The van der Waals surface area contributed by atoms with Gasteiger partial charge in [-0.25, -0.2) is 0 Å². The molecule has 0 atom stereocenters. The van der Waals surface area contributed by atoms with Gasteiger partial charge in [0.25, 0.3) is 5.91 Å². The van der Waals surface area contributed by atoms with Crippen LogP contribution >= 0.6 is 12.4 Å². The lowest BCUT2D eigenvalue weighted by molar-refractivity contribution is -0.134. The molecule has 134 valence electrons. The minimum Gasteiger partial charge on any atom is -0.484 e. The maximum Gasteiger partial charge on any atom is 0.260 e. The van der Waals surface area contributed by atoms with Crippen molar-refractivity contribution in [2.45, 2.75) is 45.6 Å². The van der Waals surface area contributed by atoms with Gasteiger partial charge in [-0.3, -0.25) is 4.79 Å².